The number of hydrogen-bond donors (Lipinski definition) is 6. The maximum atomic E-state index is 12.5. The van der Waals surface area contributed by atoms with E-state index in [9.17, 15) is 30.6 Å². The van der Waals surface area contributed by atoms with Crippen LogP contribution in [0.25, 0.3) is 0 Å². The van der Waals surface area contributed by atoms with Crippen molar-refractivity contribution in [2.45, 2.75) is 168 Å². The minimum atomic E-state index is -1.21. The predicted octanol–water partition coefficient (Wildman–Crippen LogP) is 7.22. The molecule has 4 fully saturated rings. The SMILES string of the molecule is C[C@@H]1CC[C@H]2C(C)(C)[C@H](O)CC[C@]2(C)[C@@]12Cc1c(O)cc3c(c1O2)[C@@H]1O[C@H](OC3)c2c(cc(O)c3c2O[C@]2(C3)[C@H](C)CC[C@H]3C(C)(C)[C@H](O)[C@H](O)C[C@@]32C)[C@@H]1O. The zero-order valence-corrected chi connectivity index (χ0v) is 34.3. The maximum absolute atomic E-state index is 12.5. The van der Waals surface area contributed by atoms with Crippen LogP contribution in [-0.4, -0.2) is 60.2 Å². The van der Waals surface area contributed by atoms with E-state index in [1.807, 2.05) is 13.8 Å². The molecule has 56 heavy (non-hydrogen) atoms. The van der Waals surface area contributed by atoms with Gasteiger partial charge in [0.15, 0.2) is 6.29 Å². The van der Waals surface area contributed by atoms with Gasteiger partial charge in [-0.2, -0.15) is 0 Å². The Morgan fingerprint density at radius 1 is 0.679 bits per heavy atom. The Bertz CT molecular complexity index is 2010. The van der Waals surface area contributed by atoms with Crippen LogP contribution in [0.3, 0.4) is 0 Å². The molecule has 2 aromatic carbocycles. The van der Waals surface area contributed by atoms with Gasteiger partial charge < -0.3 is 49.6 Å². The van der Waals surface area contributed by atoms with Crippen molar-refractivity contribution in [1.82, 2.24) is 0 Å². The maximum Gasteiger partial charge on any atom is 0.189 e. The third-order valence-corrected chi connectivity index (χ3v) is 18.3. The summed E-state index contributed by atoms with van der Waals surface area (Å²) in [6.07, 6.45) is 1.30. The summed E-state index contributed by atoms with van der Waals surface area (Å²) in [5.74, 6) is 1.75. The topological polar surface area (TPSA) is 158 Å². The largest absolute Gasteiger partial charge is 0.508 e. The Balaban J connectivity index is 1.06. The lowest BCUT2D eigenvalue weighted by atomic mass is 9.43. The minimum Gasteiger partial charge on any atom is -0.508 e. The first-order chi connectivity index (χ1) is 26.2. The van der Waals surface area contributed by atoms with E-state index < -0.39 is 58.8 Å². The zero-order valence-electron chi connectivity index (χ0n) is 34.3. The van der Waals surface area contributed by atoms with Crippen molar-refractivity contribution in [2.24, 2.45) is 45.3 Å². The molecule has 0 radical (unpaired) electrons. The van der Waals surface area contributed by atoms with Gasteiger partial charge in [0.05, 0.1) is 30.5 Å². The number of ether oxygens (including phenoxy) is 4. The second-order valence-corrected chi connectivity index (χ2v) is 21.3. The summed E-state index contributed by atoms with van der Waals surface area (Å²) in [6.45, 7) is 17.5. The van der Waals surface area contributed by atoms with Crippen molar-refractivity contribution < 1.29 is 49.6 Å². The molecule has 6 N–H and O–H groups in total. The molecule has 2 bridgehead atoms. The molecule has 4 saturated carbocycles. The van der Waals surface area contributed by atoms with Crippen LogP contribution in [-0.2, 0) is 28.9 Å². The summed E-state index contributed by atoms with van der Waals surface area (Å²) in [7, 11) is 0. The minimum absolute atomic E-state index is 0.0466. The number of phenolic OH excluding ortho intramolecular Hbond substituents is 2. The van der Waals surface area contributed by atoms with Gasteiger partial charge in [-0.15, -0.1) is 0 Å². The number of benzene rings is 2. The molecule has 10 rings (SSSR count). The Hall–Kier alpha value is -2.60. The Morgan fingerprint density at radius 3 is 1.89 bits per heavy atom. The summed E-state index contributed by atoms with van der Waals surface area (Å²) in [4.78, 5) is 0. The van der Waals surface area contributed by atoms with Crippen LogP contribution in [0, 0.1) is 45.3 Å². The summed E-state index contributed by atoms with van der Waals surface area (Å²) in [5, 5.41) is 69.7. The van der Waals surface area contributed by atoms with Gasteiger partial charge >= 0.3 is 0 Å². The first kappa shape index (κ1) is 37.7. The lowest BCUT2D eigenvalue weighted by Gasteiger charge is -2.64. The van der Waals surface area contributed by atoms with Crippen molar-refractivity contribution in [1.29, 1.82) is 0 Å². The van der Waals surface area contributed by atoms with Gasteiger partial charge in [-0.3, -0.25) is 0 Å². The molecule has 0 unspecified atom stereocenters. The fourth-order valence-electron chi connectivity index (χ4n) is 15.1. The molecule has 8 aliphatic rings. The van der Waals surface area contributed by atoms with Gasteiger partial charge in [0.25, 0.3) is 0 Å². The van der Waals surface area contributed by atoms with Gasteiger partial charge in [-0.25, -0.2) is 0 Å². The second kappa shape index (κ2) is 11.6. The van der Waals surface area contributed by atoms with E-state index in [0.717, 1.165) is 37.7 Å². The van der Waals surface area contributed by atoms with Gasteiger partial charge in [0.2, 0.25) is 0 Å². The predicted molar refractivity (Wildman–Crippen MR) is 206 cm³/mol. The van der Waals surface area contributed by atoms with Crippen LogP contribution in [0.5, 0.6) is 23.0 Å². The highest BCUT2D eigenvalue weighted by molar-refractivity contribution is 5.63. The molecule has 0 aromatic heterocycles. The van der Waals surface area contributed by atoms with E-state index in [2.05, 4.69) is 41.5 Å². The monoisotopic (exact) mass is 774 g/mol. The lowest BCUT2D eigenvalue weighted by molar-refractivity contribution is -0.241. The normalized spacial score (nSPS) is 46.4. The summed E-state index contributed by atoms with van der Waals surface area (Å²) >= 11 is 0. The third kappa shape index (κ3) is 4.34. The summed E-state index contributed by atoms with van der Waals surface area (Å²) in [6, 6.07) is 3.41. The molecular weight excluding hydrogens is 712 g/mol. The summed E-state index contributed by atoms with van der Waals surface area (Å²) in [5.41, 5.74) is 0.692. The molecule has 10 heteroatoms. The van der Waals surface area contributed by atoms with Crippen molar-refractivity contribution >= 4 is 0 Å². The molecule has 4 aliphatic heterocycles. The van der Waals surface area contributed by atoms with E-state index in [0.29, 0.717) is 65.0 Å². The summed E-state index contributed by atoms with van der Waals surface area (Å²) < 4.78 is 28.1. The molecule has 306 valence electrons. The van der Waals surface area contributed by atoms with Crippen molar-refractivity contribution in [3.8, 4) is 23.0 Å². The Kier molecular flexibility index (Phi) is 7.78. The first-order valence-corrected chi connectivity index (χ1v) is 21.4. The fraction of sp³-hybridized carbons (Fsp3) is 0.739. The molecule has 10 nitrogen and oxygen atoms in total. The number of aliphatic hydroxyl groups is 4. The van der Waals surface area contributed by atoms with Crippen LogP contribution >= 0.6 is 0 Å². The van der Waals surface area contributed by atoms with Gasteiger partial charge in [-0.05, 0) is 103 Å². The van der Waals surface area contributed by atoms with Crippen LogP contribution in [0.4, 0.5) is 0 Å². The van der Waals surface area contributed by atoms with Gasteiger partial charge in [0, 0.05) is 40.4 Å². The molecule has 2 aromatic rings. The average Bonchev–Trinajstić information content (AvgIpc) is 3.70. The van der Waals surface area contributed by atoms with Crippen LogP contribution in [0.2, 0.25) is 0 Å². The number of fused-ring (bicyclic) bond motifs is 14. The fourth-order valence-corrected chi connectivity index (χ4v) is 15.1. The van der Waals surface area contributed by atoms with Crippen LogP contribution in [0.15, 0.2) is 12.1 Å². The van der Waals surface area contributed by atoms with E-state index in [1.165, 1.54) is 0 Å². The van der Waals surface area contributed by atoms with Crippen LogP contribution in [0.1, 0.15) is 152 Å². The van der Waals surface area contributed by atoms with Gasteiger partial charge in [0.1, 0.15) is 46.4 Å². The molecule has 4 aliphatic carbocycles. The average molecular weight is 775 g/mol. The molecular formula is C46H62O10. The zero-order chi connectivity index (χ0) is 39.9. The second-order valence-electron chi connectivity index (χ2n) is 21.3. The molecule has 2 spiro atoms. The third-order valence-electron chi connectivity index (χ3n) is 18.3. The molecule has 0 amide bonds. The van der Waals surface area contributed by atoms with E-state index >= 15 is 0 Å². The highest BCUT2D eigenvalue weighted by Crippen LogP contribution is 2.70. The molecule has 0 saturated heterocycles. The number of aromatic hydroxyl groups is 2. The lowest BCUT2D eigenvalue weighted by Crippen LogP contribution is -2.69. The standard InChI is InChI=1S/C46H62O10/c1-21-9-11-30-41(3,4)32(50)13-14-43(30,7)45(21)17-25-27(47)15-23-20-53-40-34-24(35(51)38(54-40)33(23)36(25)55-45)16-28(48)26-18-46(56-37(26)34)22(2)10-12-31-42(5,6)39(52)29(49)19-44(31,46)8/h15-16,21-22,29-32,35,38-40,47-52H,9-14,17-20H2,1-8H3/t21-,22-,29-,30+,31+,32-,35+,38+,39-,40+,43+,44+,45-,46-/m1/s1. The Labute approximate surface area is 330 Å². The number of hydrogen-bond acceptors (Lipinski definition) is 10. The smallest absolute Gasteiger partial charge is 0.189 e. The number of phenols is 2. The Morgan fingerprint density at radius 2 is 1.25 bits per heavy atom. The quantitative estimate of drug-likeness (QED) is 0.162. The number of rotatable bonds is 0. The molecule has 4 heterocycles. The van der Waals surface area contributed by atoms with Crippen LogP contribution < -0.4 is 9.47 Å². The van der Waals surface area contributed by atoms with Crippen molar-refractivity contribution in [2.75, 3.05) is 0 Å². The molecule has 14 atom stereocenters. The van der Waals surface area contributed by atoms with Crippen molar-refractivity contribution in [3.05, 3.63) is 45.5 Å². The van der Waals surface area contributed by atoms with Gasteiger partial charge in [-0.1, -0.05) is 55.4 Å². The van der Waals surface area contributed by atoms with E-state index in [1.54, 1.807) is 12.1 Å². The van der Waals surface area contributed by atoms with Crippen molar-refractivity contribution in [3.63, 3.8) is 0 Å². The highest BCUT2D eigenvalue weighted by Gasteiger charge is 2.70. The highest BCUT2D eigenvalue weighted by atomic mass is 16.7. The number of aliphatic hydroxyl groups excluding tert-OH is 4. The van der Waals surface area contributed by atoms with E-state index in [4.69, 9.17) is 18.9 Å². The first-order valence-electron chi connectivity index (χ1n) is 21.4. The van der Waals surface area contributed by atoms with E-state index in [-0.39, 0.29) is 52.6 Å².